The third kappa shape index (κ3) is 4.27. The van der Waals surface area contributed by atoms with Crippen molar-refractivity contribution in [2.75, 3.05) is 0 Å². The third-order valence-electron chi connectivity index (χ3n) is 5.25. The van der Waals surface area contributed by atoms with Gasteiger partial charge in [-0.05, 0) is 40.0 Å². The molecule has 0 saturated carbocycles. The Morgan fingerprint density at radius 1 is 1.00 bits per heavy atom. The van der Waals surface area contributed by atoms with Crippen molar-refractivity contribution in [3.05, 3.63) is 70.4 Å². The summed E-state index contributed by atoms with van der Waals surface area (Å²) in [6.45, 7) is 4.30. The molecule has 0 aliphatic rings. The number of rotatable bonds is 8. The van der Waals surface area contributed by atoms with Gasteiger partial charge in [-0.25, -0.2) is 9.89 Å². The van der Waals surface area contributed by atoms with E-state index in [2.05, 4.69) is 25.7 Å². The fraction of sp³-hybridized carbons (Fsp3) is 0.304. The highest BCUT2D eigenvalue weighted by Gasteiger charge is 2.18. The number of aromatic amines is 1. The van der Waals surface area contributed by atoms with Gasteiger partial charge >= 0.3 is 5.69 Å². The second-order valence-corrected chi connectivity index (χ2v) is 7.58. The minimum Gasteiger partial charge on any atom is -0.274 e. The van der Waals surface area contributed by atoms with Crippen molar-refractivity contribution >= 4 is 5.91 Å². The fourth-order valence-corrected chi connectivity index (χ4v) is 3.67. The minimum atomic E-state index is -0.376. The van der Waals surface area contributed by atoms with E-state index in [1.165, 1.54) is 0 Å². The fourth-order valence-electron chi connectivity index (χ4n) is 3.67. The van der Waals surface area contributed by atoms with Crippen LogP contribution in [0, 0.1) is 0 Å². The molecular formula is C23H25N7O2. The van der Waals surface area contributed by atoms with Gasteiger partial charge in [0, 0.05) is 18.4 Å². The lowest BCUT2D eigenvalue weighted by atomic mass is 9.98. The highest BCUT2D eigenvalue weighted by molar-refractivity contribution is 5.80. The van der Waals surface area contributed by atoms with Crippen molar-refractivity contribution in [3.63, 3.8) is 0 Å². The second kappa shape index (κ2) is 9.51. The van der Waals surface area contributed by atoms with Gasteiger partial charge in [0.1, 0.15) is 5.82 Å². The lowest BCUT2D eigenvalue weighted by Gasteiger charge is -2.09. The molecule has 0 amide bonds. The summed E-state index contributed by atoms with van der Waals surface area (Å²) < 4.78 is 2.62. The Morgan fingerprint density at radius 2 is 1.75 bits per heavy atom. The molecule has 0 aliphatic heterocycles. The number of aromatic nitrogens is 7. The van der Waals surface area contributed by atoms with Gasteiger partial charge in [0.2, 0.25) is 0 Å². The van der Waals surface area contributed by atoms with E-state index >= 15 is 0 Å². The van der Waals surface area contributed by atoms with E-state index in [1.807, 2.05) is 62.4 Å². The van der Waals surface area contributed by atoms with Crippen LogP contribution < -0.4 is 5.69 Å². The Bertz CT molecular complexity index is 1250. The van der Waals surface area contributed by atoms with Crippen molar-refractivity contribution < 1.29 is 4.79 Å². The maximum atomic E-state index is 12.9. The van der Waals surface area contributed by atoms with Crippen molar-refractivity contribution in [2.45, 2.75) is 46.1 Å². The monoisotopic (exact) mass is 431 g/mol. The number of carbonyl (C=O) groups is 1. The van der Waals surface area contributed by atoms with Crippen molar-refractivity contribution in [1.29, 1.82) is 0 Å². The van der Waals surface area contributed by atoms with Crippen LogP contribution in [0.5, 0.6) is 0 Å². The molecule has 0 unspecified atom stereocenters. The van der Waals surface area contributed by atoms with Crippen LogP contribution in [0.1, 0.15) is 49.3 Å². The highest BCUT2D eigenvalue weighted by Crippen LogP contribution is 2.29. The van der Waals surface area contributed by atoms with E-state index in [1.54, 1.807) is 4.57 Å². The number of nitrogens with one attached hydrogen (secondary N) is 1. The molecule has 2 aromatic heterocycles. The summed E-state index contributed by atoms with van der Waals surface area (Å²) in [5.41, 5.74) is 3.49. The van der Waals surface area contributed by atoms with E-state index in [4.69, 9.17) is 0 Å². The van der Waals surface area contributed by atoms with Gasteiger partial charge in [0.15, 0.2) is 5.82 Å². The summed E-state index contributed by atoms with van der Waals surface area (Å²) in [4.78, 5) is 25.2. The van der Waals surface area contributed by atoms with Gasteiger partial charge in [-0.1, -0.05) is 62.4 Å². The maximum absolute atomic E-state index is 12.9. The lowest BCUT2D eigenvalue weighted by Crippen LogP contribution is -2.30. The Labute approximate surface area is 185 Å². The zero-order chi connectivity index (χ0) is 22.5. The van der Waals surface area contributed by atoms with Crippen LogP contribution in [0.2, 0.25) is 0 Å². The van der Waals surface area contributed by atoms with E-state index < -0.39 is 0 Å². The van der Waals surface area contributed by atoms with E-state index in [9.17, 15) is 9.59 Å². The highest BCUT2D eigenvalue weighted by atomic mass is 16.2. The number of H-pyrrole nitrogens is 1. The van der Waals surface area contributed by atoms with Gasteiger partial charge < -0.3 is 0 Å². The minimum absolute atomic E-state index is 0.262. The number of nitrogens with zero attached hydrogens (tertiary/aromatic N) is 6. The summed E-state index contributed by atoms with van der Waals surface area (Å²) in [7, 11) is 0. The number of carbonyl (C=O) groups excluding carboxylic acids is 1. The second-order valence-electron chi connectivity index (χ2n) is 7.58. The zero-order valence-corrected chi connectivity index (χ0v) is 18.2. The molecule has 0 atom stereocenters. The van der Waals surface area contributed by atoms with Gasteiger partial charge in [0.25, 0.3) is 5.91 Å². The SMILES string of the molecule is CCCC(=O)n1nc(CCC)n(Cc2ccc(-c3ccccc3-c3nnn[nH]3)cc2)c1=O. The van der Waals surface area contributed by atoms with Crippen LogP contribution in [-0.2, 0) is 13.0 Å². The molecular weight excluding hydrogens is 406 g/mol. The smallest absolute Gasteiger partial charge is 0.274 e. The molecule has 2 heterocycles. The predicted octanol–water partition coefficient (Wildman–Crippen LogP) is 3.33. The molecule has 4 aromatic rings. The van der Waals surface area contributed by atoms with Crippen molar-refractivity contribution in [1.82, 2.24) is 35.0 Å². The van der Waals surface area contributed by atoms with Gasteiger partial charge in [-0.2, -0.15) is 0 Å². The summed E-state index contributed by atoms with van der Waals surface area (Å²) in [6.07, 6.45) is 2.45. The standard InChI is InChI=1S/C23H25N7O2/c1-3-7-20-26-30(21(31)8-4-2)23(32)29(20)15-16-11-13-17(14-12-16)18-9-5-6-10-19(18)22-24-27-28-25-22/h5-6,9-14H,3-4,7-8,15H2,1-2H3,(H,24,25,27,28). The molecule has 0 fully saturated rings. The van der Waals surface area contributed by atoms with Gasteiger partial charge in [-0.3, -0.25) is 9.36 Å². The maximum Gasteiger partial charge on any atom is 0.353 e. The molecule has 32 heavy (non-hydrogen) atoms. The largest absolute Gasteiger partial charge is 0.353 e. The quantitative estimate of drug-likeness (QED) is 0.458. The molecule has 9 nitrogen and oxygen atoms in total. The Morgan fingerprint density at radius 3 is 2.41 bits per heavy atom. The van der Waals surface area contributed by atoms with Crippen LogP contribution >= 0.6 is 0 Å². The van der Waals surface area contributed by atoms with Crippen LogP contribution in [0.3, 0.4) is 0 Å². The van der Waals surface area contributed by atoms with E-state index in [0.717, 1.165) is 33.4 Å². The van der Waals surface area contributed by atoms with Crippen molar-refractivity contribution in [2.24, 2.45) is 0 Å². The number of hydrogen-bond donors (Lipinski definition) is 1. The first-order chi connectivity index (χ1) is 15.6. The molecule has 4 rings (SSSR count). The Kier molecular flexibility index (Phi) is 6.34. The Hall–Kier alpha value is -3.88. The first kappa shape index (κ1) is 21.4. The predicted molar refractivity (Wildman–Crippen MR) is 120 cm³/mol. The first-order valence-electron chi connectivity index (χ1n) is 10.8. The van der Waals surface area contributed by atoms with Gasteiger partial charge in [-0.15, -0.1) is 14.9 Å². The molecule has 164 valence electrons. The summed E-state index contributed by atoms with van der Waals surface area (Å²) in [5, 5.41) is 18.5. The number of hydrogen-bond acceptors (Lipinski definition) is 6. The lowest BCUT2D eigenvalue weighted by molar-refractivity contribution is 0.0880. The number of tetrazole rings is 1. The average Bonchev–Trinajstić information content (AvgIpc) is 3.45. The molecule has 0 spiro atoms. The number of benzene rings is 2. The molecule has 9 heteroatoms. The van der Waals surface area contributed by atoms with Crippen LogP contribution in [0.4, 0.5) is 0 Å². The third-order valence-corrected chi connectivity index (χ3v) is 5.25. The van der Waals surface area contributed by atoms with Gasteiger partial charge in [0.05, 0.1) is 6.54 Å². The normalized spacial score (nSPS) is 11.1. The van der Waals surface area contributed by atoms with Crippen LogP contribution in [-0.4, -0.2) is 40.9 Å². The van der Waals surface area contributed by atoms with Crippen LogP contribution in [0.15, 0.2) is 53.3 Å². The summed E-state index contributed by atoms with van der Waals surface area (Å²) in [5.74, 6) is 0.973. The summed E-state index contributed by atoms with van der Waals surface area (Å²) in [6, 6.07) is 15.9. The molecule has 0 bridgehead atoms. The molecule has 2 aromatic carbocycles. The number of aryl methyl sites for hydroxylation is 1. The molecule has 0 radical (unpaired) electrons. The van der Waals surface area contributed by atoms with E-state index in [-0.39, 0.29) is 11.6 Å². The zero-order valence-electron chi connectivity index (χ0n) is 18.2. The first-order valence-corrected chi connectivity index (χ1v) is 10.8. The van der Waals surface area contributed by atoms with Crippen molar-refractivity contribution in [3.8, 4) is 22.5 Å². The molecule has 0 saturated heterocycles. The molecule has 0 aliphatic carbocycles. The topological polar surface area (TPSA) is 111 Å². The average molecular weight is 432 g/mol. The van der Waals surface area contributed by atoms with Crippen LogP contribution in [0.25, 0.3) is 22.5 Å². The molecule has 1 N–H and O–H groups in total. The summed E-state index contributed by atoms with van der Waals surface area (Å²) >= 11 is 0. The van der Waals surface area contributed by atoms with E-state index in [0.29, 0.717) is 37.5 Å². The Balaban J connectivity index is 1.63.